The highest BCUT2D eigenvalue weighted by molar-refractivity contribution is 6.30. The zero-order valence-electron chi connectivity index (χ0n) is 14.5. The van der Waals surface area contributed by atoms with Crippen LogP contribution in [0.15, 0.2) is 48.5 Å². The fraction of sp³-hybridized carbons (Fsp3) is 0.350. The van der Waals surface area contributed by atoms with Gasteiger partial charge in [0.1, 0.15) is 0 Å². The lowest BCUT2D eigenvalue weighted by Crippen LogP contribution is -2.46. The van der Waals surface area contributed by atoms with E-state index >= 15 is 0 Å². The Morgan fingerprint density at radius 3 is 2.24 bits per heavy atom. The molecule has 0 saturated carbocycles. The topological polar surface area (TPSA) is 35.6 Å². The van der Waals surface area contributed by atoms with Gasteiger partial charge in [0.2, 0.25) is 5.91 Å². The van der Waals surface area contributed by atoms with E-state index in [2.05, 4.69) is 33.3 Å². The smallest absolute Gasteiger partial charge is 0.224 e. The summed E-state index contributed by atoms with van der Waals surface area (Å²) < 4.78 is 0. The minimum Gasteiger partial charge on any atom is -0.368 e. The van der Waals surface area contributed by atoms with Gasteiger partial charge in [-0.05, 0) is 48.9 Å². The zero-order chi connectivity index (χ0) is 17.6. The zero-order valence-corrected chi connectivity index (χ0v) is 15.3. The second-order valence-electron chi connectivity index (χ2n) is 6.30. The quantitative estimate of drug-likeness (QED) is 0.861. The molecule has 0 aromatic heterocycles. The molecule has 2 aromatic rings. The summed E-state index contributed by atoms with van der Waals surface area (Å²) in [4.78, 5) is 16.4. The lowest BCUT2D eigenvalue weighted by molar-refractivity contribution is -0.116. The van der Waals surface area contributed by atoms with Crippen molar-refractivity contribution < 1.29 is 4.79 Å². The summed E-state index contributed by atoms with van der Waals surface area (Å²) in [5.41, 5.74) is 3.24. The summed E-state index contributed by atoms with van der Waals surface area (Å²) in [5, 5.41) is 3.71. The number of anilines is 3. The van der Waals surface area contributed by atoms with Gasteiger partial charge < -0.3 is 15.1 Å². The largest absolute Gasteiger partial charge is 0.368 e. The molecule has 0 atom stereocenters. The molecule has 1 heterocycles. The third kappa shape index (κ3) is 4.67. The van der Waals surface area contributed by atoms with E-state index in [1.54, 1.807) is 0 Å². The lowest BCUT2D eigenvalue weighted by Gasteiger charge is -2.37. The molecule has 0 spiro atoms. The molecule has 25 heavy (non-hydrogen) atoms. The second-order valence-corrected chi connectivity index (χ2v) is 6.74. The highest BCUT2D eigenvalue weighted by Crippen LogP contribution is 2.24. The molecule has 1 fully saturated rings. The molecule has 0 unspecified atom stereocenters. The molecule has 0 radical (unpaired) electrons. The van der Waals surface area contributed by atoms with E-state index in [1.165, 1.54) is 11.4 Å². The minimum atomic E-state index is 0.0744. The van der Waals surface area contributed by atoms with E-state index in [1.807, 2.05) is 37.3 Å². The maximum Gasteiger partial charge on any atom is 0.224 e. The Morgan fingerprint density at radius 2 is 1.64 bits per heavy atom. The van der Waals surface area contributed by atoms with Crippen LogP contribution in [0.4, 0.5) is 17.1 Å². The maximum atomic E-state index is 11.7. The van der Waals surface area contributed by atoms with Crippen LogP contribution < -0.4 is 15.1 Å². The van der Waals surface area contributed by atoms with E-state index in [9.17, 15) is 4.79 Å². The number of nitrogens with one attached hydrogen (secondary N) is 1. The normalized spacial score (nSPS) is 14.5. The molecule has 1 aliphatic heterocycles. The van der Waals surface area contributed by atoms with E-state index in [0.29, 0.717) is 6.42 Å². The van der Waals surface area contributed by atoms with Gasteiger partial charge in [0.05, 0.1) is 0 Å². The van der Waals surface area contributed by atoms with Gasteiger partial charge in [-0.15, -0.1) is 0 Å². The maximum absolute atomic E-state index is 11.7. The Morgan fingerprint density at radius 1 is 1.00 bits per heavy atom. The van der Waals surface area contributed by atoms with E-state index in [-0.39, 0.29) is 5.91 Å². The number of carbonyl (C=O) groups is 1. The van der Waals surface area contributed by atoms with Crippen molar-refractivity contribution in [3.05, 3.63) is 53.6 Å². The summed E-state index contributed by atoms with van der Waals surface area (Å²) >= 11 is 6.09. The molecule has 0 bridgehead atoms. The number of amides is 1. The van der Waals surface area contributed by atoms with Crippen molar-refractivity contribution in [3.63, 3.8) is 0 Å². The average molecular weight is 358 g/mol. The van der Waals surface area contributed by atoms with E-state index in [0.717, 1.165) is 43.3 Å². The third-order valence-corrected chi connectivity index (χ3v) is 4.68. The average Bonchev–Trinajstić information content (AvgIpc) is 2.63. The summed E-state index contributed by atoms with van der Waals surface area (Å²) in [5.74, 6) is 0.0744. The van der Waals surface area contributed by atoms with Crippen LogP contribution in [0.3, 0.4) is 0 Å². The van der Waals surface area contributed by atoms with Gasteiger partial charge >= 0.3 is 0 Å². The van der Waals surface area contributed by atoms with E-state index in [4.69, 9.17) is 11.6 Å². The molecule has 1 amide bonds. The predicted molar refractivity (Wildman–Crippen MR) is 106 cm³/mol. The summed E-state index contributed by atoms with van der Waals surface area (Å²) in [6.07, 6.45) is 1.42. The molecular formula is C20H24ClN3O. The van der Waals surface area contributed by atoms with E-state index < -0.39 is 0 Å². The number of benzene rings is 2. The highest BCUT2D eigenvalue weighted by Gasteiger charge is 2.17. The predicted octanol–water partition coefficient (Wildman–Crippen LogP) is 4.41. The molecule has 2 aromatic carbocycles. The minimum absolute atomic E-state index is 0.0744. The van der Waals surface area contributed by atoms with Crippen LogP contribution in [0.5, 0.6) is 0 Å². The van der Waals surface area contributed by atoms with Crippen molar-refractivity contribution in [1.82, 2.24) is 0 Å². The van der Waals surface area contributed by atoms with Crippen LogP contribution in [0.1, 0.15) is 19.8 Å². The first kappa shape index (κ1) is 17.6. The first-order chi connectivity index (χ1) is 12.2. The van der Waals surface area contributed by atoms with Crippen LogP contribution in [0.2, 0.25) is 5.02 Å². The Labute approximate surface area is 154 Å². The van der Waals surface area contributed by atoms with Crippen molar-refractivity contribution in [2.24, 2.45) is 0 Å². The van der Waals surface area contributed by atoms with Crippen molar-refractivity contribution in [2.75, 3.05) is 41.3 Å². The SMILES string of the molecule is CCCC(=O)Nc1ccc(N2CCN(c3cccc(Cl)c3)CC2)cc1. The van der Waals surface area contributed by atoms with Crippen molar-refractivity contribution >= 4 is 34.6 Å². The van der Waals surface area contributed by atoms with Gasteiger partial charge in [0.15, 0.2) is 0 Å². The molecule has 0 aliphatic carbocycles. The molecule has 3 rings (SSSR count). The van der Waals surface area contributed by atoms with Gasteiger partial charge in [-0.2, -0.15) is 0 Å². The summed E-state index contributed by atoms with van der Waals surface area (Å²) in [6.45, 7) is 5.87. The van der Waals surface area contributed by atoms with Crippen LogP contribution in [0, 0.1) is 0 Å². The molecule has 1 N–H and O–H groups in total. The van der Waals surface area contributed by atoms with Crippen molar-refractivity contribution in [1.29, 1.82) is 0 Å². The second kappa shape index (κ2) is 8.26. The van der Waals surface area contributed by atoms with Gasteiger partial charge in [-0.1, -0.05) is 24.6 Å². The molecule has 4 nitrogen and oxygen atoms in total. The molecule has 1 aliphatic rings. The fourth-order valence-corrected chi connectivity index (χ4v) is 3.29. The third-order valence-electron chi connectivity index (χ3n) is 4.45. The fourth-order valence-electron chi connectivity index (χ4n) is 3.10. The number of carbonyl (C=O) groups excluding carboxylic acids is 1. The molecule has 5 heteroatoms. The molecular weight excluding hydrogens is 334 g/mol. The van der Waals surface area contributed by atoms with Crippen LogP contribution in [-0.2, 0) is 4.79 Å². The number of nitrogens with zero attached hydrogens (tertiary/aromatic N) is 2. The van der Waals surface area contributed by atoms with Gasteiger partial charge in [0, 0.05) is 54.7 Å². The van der Waals surface area contributed by atoms with Crippen molar-refractivity contribution in [2.45, 2.75) is 19.8 Å². The van der Waals surface area contributed by atoms with Crippen LogP contribution >= 0.6 is 11.6 Å². The number of rotatable bonds is 5. The number of hydrogen-bond donors (Lipinski definition) is 1. The Bertz CT molecular complexity index is 709. The first-order valence-corrected chi connectivity index (χ1v) is 9.19. The lowest BCUT2D eigenvalue weighted by atomic mass is 10.2. The van der Waals surface area contributed by atoms with Gasteiger partial charge in [-0.3, -0.25) is 4.79 Å². The summed E-state index contributed by atoms with van der Waals surface area (Å²) in [7, 11) is 0. The molecule has 1 saturated heterocycles. The first-order valence-electron chi connectivity index (χ1n) is 8.81. The molecule has 132 valence electrons. The number of hydrogen-bond acceptors (Lipinski definition) is 3. The Hall–Kier alpha value is -2.20. The number of piperazine rings is 1. The monoisotopic (exact) mass is 357 g/mol. The van der Waals surface area contributed by atoms with Crippen molar-refractivity contribution in [3.8, 4) is 0 Å². The van der Waals surface area contributed by atoms with Gasteiger partial charge in [0.25, 0.3) is 0 Å². The van der Waals surface area contributed by atoms with Crippen LogP contribution in [-0.4, -0.2) is 32.1 Å². The van der Waals surface area contributed by atoms with Crippen LogP contribution in [0.25, 0.3) is 0 Å². The Balaban J connectivity index is 1.56. The highest BCUT2D eigenvalue weighted by atomic mass is 35.5. The number of halogens is 1. The Kier molecular flexibility index (Phi) is 5.82. The van der Waals surface area contributed by atoms with Gasteiger partial charge in [-0.25, -0.2) is 0 Å². The standard InChI is InChI=1S/C20H24ClN3O/c1-2-4-20(25)22-17-7-9-18(10-8-17)23-11-13-24(14-12-23)19-6-3-5-16(21)15-19/h3,5-10,15H,2,4,11-14H2,1H3,(H,22,25). The summed E-state index contributed by atoms with van der Waals surface area (Å²) in [6, 6.07) is 16.1.